The van der Waals surface area contributed by atoms with E-state index in [1.54, 1.807) is 0 Å². The van der Waals surface area contributed by atoms with E-state index in [9.17, 15) is 19.1 Å². The lowest BCUT2D eigenvalue weighted by Crippen LogP contribution is -2.14. The molecule has 0 fully saturated rings. The van der Waals surface area contributed by atoms with Crippen LogP contribution in [0.1, 0.15) is 20.7 Å². The summed E-state index contributed by atoms with van der Waals surface area (Å²) in [4.78, 5) is 22.8. The zero-order valence-electron chi connectivity index (χ0n) is 10.6. The Hall–Kier alpha value is -3.09. The fourth-order valence-electron chi connectivity index (χ4n) is 1.67. The van der Waals surface area contributed by atoms with E-state index in [-0.39, 0.29) is 28.3 Å². The van der Waals surface area contributed by atoms with Gasteiger partial charge in [0.25, 0.3) is 5.91 Å². The van der Waals surface area contributed by atoms with Crippen molar-refractivity contribution in [3.63, 3.8) is 0 Å². The van der Waals surface area contributed by atoms with E-state index in [0.29, 0.717) is 0 Å². The lowest BCUT2D eigenvalue weighted by Gasteiger charge is -2.09. The van der Waals surface area contributed by atoms with Crippen LogP contribution in [0.2, 0.25) is 0 Å². The molecular formula is C14H11FN2O4. The number of nitrogens with one attached hydrogen (secondary N) is 1. The second-order valence-electron chi connectivity index (χ2n) is 4.23. The standard InChI is InChI=1S/C14H11FN2O4/c15-10-6-8(16)2-3-9(10)13(19)17-11-5-7(14(20)21)1-4-12(11)18/h1-6,18H,16H2,(H,17,19)(H,20,21). The number of aromatic carboxylic acids is 1. The molecule has 0 aromatic heterocycles. The van der Waals surface area contributed by atoms with Gasteiger partial charge in [-0.05, 0) is 36.4 Å². The molecule has 0 atom stereocenters. The number of nitrogens with two attached hydrogens (primary N) is 1. The molecule has 5 N–H and O–H groups in total. The zero-order chi connectivity index (χ0) is 15.6. The number of amides is 1. The summed E-state index contributed by atoms with van der Waals surface area (Å²) in [5.74, 6) is -3.19. The molecule has 0 spiro atoms. The highest BCUT2D eigenvalue weighted by molar-refractivity contribution is 6.06. The fourth-order valence-corrected chi connectivity index (χ4v) is 1.67. The minimum Gasteiger partial charge on any atom is -0.506 e. The number of rotatable bonds is 3. The minimum absolute atomic E-state index is 0.124. The summed E-state index contributed by atoms with van der Waals surface area (Å²) in [7, 11) is 0. The van der Waals surface area contributed by atoms with Crippen molar-refractivity contribution in [1.82, 2.24) is 0 Å². The highest BCUT2D eigenvalue weighted by Gasteiger charge is 2.15. The van der Waals surface area contributed by atoms with Gasteiger partial charge in [-0.15, -0.1) is 0 Å². The molecule has 0 saturated heterocycles. The summed E-state index contributed by atoms with van der Waals surface area (Å²) in [6.07, 6.45) is 0. The third-order valence-corrected chi connectivity index (χ3v) is 2.73. The number of phenols is 1. The molecule has 108 valence electrons. The van der Waals surface area contributed by atoms with E-state index in [1.807, 2.05) is 0 Å². The van der Waals surface area contributed by atoms with E-state index >= 15 is 0 Å². The lowest BCUT2D eigenvalue weighted by atomic mass is 10.1. The maximum atomic E-state index is 13.6. The van der Waals surface area contributed by atoms with Gasteiger partial charge < -0.3 is 21.3 Å². The number of carbonyl (C=O) groups excluding carboxylic acids is 1. The Morgan fingerprint density at radius 3 is 2.48 bits per heavy atom. The number of hydrogen-bond acceptors (Lipinski definition) is 4. The van der Waals surface area contributed by atoms with Crippen molar-refractivity contribution in [1.29, 1.82) is 0 Å². The van der Waals surface area contributed by atoms with E-state index in [4.69, 9.17) is 10.8 Å². The summed E-state index contributed by atoms with van der Waals surface area (Å²) in [5, 5.41) is 20.7. The highest BCUT2D eigenvalue weighted by atomic mass is 19.1. The van der Waals surface area contributed by atoms with Crippen molar-refractivity contribution in [3.05, 3.63) is 53.3 Å². The van der Waals surface area contributed by atoms with Crippen molar-refractivity contribution >= 4 is 23.3 Å². The molecule has 0 heterocycles. The monoisotopic (exact) mass is 290 g/mol. The normalized spacial score (nSPS) is 10.1. The van der Waals surface area contributed by atoms with Gasteiger partial charge in [-0.1, -0.05) is 0 Å². The summed E-state index contributed by atoms with van der Waals surface area (Å²) in [6.45, 7) is 0. The van der Waals surface area contributed by atoms with Crippen LogP contribution in [0.5, 0.6) is 5.75 Å². The van der Waals surface area contributed by atoms with Gasteiger partial charge in [0.05, 0.1) is 16.8 Å². The Morgan fingerprint density at radius 1 is 1.14 bits per heavy atom. The van der Waals surface area contributed by atoms with E-state index in [2.05, 4.69) is 5.32 Å². The quantitative estimate of drug-likeness (QED) is 0.510. The molecule has 7 heteroatoms. The Kier molecular flexibility index (Phi) is 3.75. The van der Waals surface area contributed by atoms with Gasteiger partial charge in [-0.3, -0.25) is 4.79 Å². The number of benzene rings is 2. The largest absolute Gasteiger partial charge is 0.506 e. The first-order valence-corrected chi connectivity index (χ1v) is 5.81. The molecule has 0 bridgehead atoms. The molecule has 6 nitrogen and oxygen atoms in total. The van der Waals surface area contributed by atoms with Gasteiger partial charge >= 0.3 is 5.97 Å². The number of hydrogen-bond donors (Lipinski definition) is 4. The van der Waals surface area contributed by atoms with Gasteiger partial charge in [-0.25, -0.2) is 9.18 Å². The Balaban J connectivity index is 2.31. The SMILES string of the molecule is Nc1ccc(C(=O)Nc2cc(C(=O)O)ccc2O)c(F)c1. The number of nitrogen functional groups attached to an aromatic ring is 1. The summed E-state index contributed by atoms with van der Waals surface area (Å²) in [5.41, 5.74) is 5.02. The maximum absolute atomic E-state index is 13.6. The number of anilines is 2. The smallest absolute Gasteiger partial charge is 0.335 e. The molecule has 0 saturated carbocycles. The molecule has 0 aliphatic heterocycles. The predicted octanol–water partition coefficient (Wildman–Crippen LogP) is 2.06. The van der Waals surface area contributed by atoms with Gasteiger partial charge in [0.1, 0.15) is 11.6 Å². The number of carboxylic acid groups (broad SMARTS) is 1. The summed E-state index contributed by atoms with van der Waals surface area (Å²) < 4.78 is 13.6. The van der Waals surface area contributed by atoms with Crippen LogP contribution in [-0.4, -0.2) is 22.1 Å². The van der Waals surface area contributed by atoms with Crippen LogP contribution < -0.4 is 11.1 Å². The average Bonchev–Trinajstić information content (AvgIpc) is 2.40. The second kappa shape index (κ2) is 5.49. The molecule has 0 unspecified atom stereocenters. The number of aromatic hydroxyl groups is 1. The molecule has 2 rings (SSSR count). The molecule has 2 aromatic rings. The third-order valence-electron chi connectivity index (χ3n) is 2.73. The van der Waals surface area contributed by atoms with Crippen LogP contribution in [0.25, 0.3) is 0 Å². The molecule has 21 heavy (non-hydrogen) atoms. The van der Waals surface area contributed by atoms with Gasteiger partial charge in [0, 0.05) is 5.69 Å². The molecule has 0 aliphatic rings. The molecule has 0 radical (unpaired) electrons. The van der Waals surface area contributed by atoms with Crippen LogP contribution in [0, 0.1) is 5.82 Å². The van der Waals surface area contributed by atoms with Crippen LogP contribution in [0.4, 0.5) is 15.8 Å². The fraction of sp³-hybridized carbons (Fsp3) is 0. The lowest BCUT2D eigenvalue weighted by molar-refractivity contribution is 0.0696. The molecule has 0 aliphatic carbocycles. The molecule has 2 aromatic carbocycles. The first kappa shape index (κ1) is 14.3. The van der Waals surface area contributed by atoms with Crippen molar-refractivity contribution < 1.29 is 24.2 Å². The molecule has 1 amide bonds. The van der Waals surface area contributed by atoms with E-state index < -0.39 is 17.7 Å². The summed E-state index contributed by atoms with van der Waals surface area (Å²) >= 11 is 0. The Labute approximate surface area is 118 Å². The number of carbonyl (C=O) groups is 2. The Bertz CT molecular complexity index is 731. The van der Waals surface area contributed by atoms with Crippen molar-refractivity contribution in [2.24, 2.45) is 0 Å². The maximum Gasteiger partial charge on any atom is 0.335 e. The average molecular weight is 290 g/mol. The van der Waals surface area contributed by atoms with Crippen LogP contribution in [-0.2, 0) is 0 Å². The van der Waals surface area contributed by atoms with Crippen molar-refractivity contribution in [2.45, 2.75) is 0 Å². The second-order valence-corrected chi connectivity index (χ2v) is 4.23. The number of phenolic OH excluding ortho intramolecular Hbond substituents is 1. The summed E-state index contributed by atoms with van der Waals surface area (Å²) in [6, 6.07) is 6.91. The van der Waals surface area contributed by atoms with Gasteiger partial charge in [0.2, 0.25) is 0 Å². The van der Waals surface area contributed by atoms with Gasteiger partial charge in [-0.2, -0.15) is 0 Å². The van der Waals surface area contributed by atoms with Gasteiger partial charge in [0.15, 0.2) is 0 Å². The number of carboxylic acids is 1. The molecular weight excluding hydrogens is 279 g/mol. The zero-order valence-corrected chi connectivity index (χ0v) is 10.6. The van der Waals surface area contributed by atoms with Crippen molar-refractivity contribution in [3.8, 4) is 5.75 Å². The minimum atomic E-state index is -1.22. The first-order valence-electron chi connectivity index (χ1n) is 5.81. The predicted molar refractivity (Wildman–Crippen MR) is 73.8 cm³/mol. The van der Waals surface area contributed by atoms with Crippen molar-refractivity contribution in [2.75, 3.05) is 11.1 Å². The van der Waals surface area contributed by atoms with E-state index in [1.165, 1.54) is 18.2 Å². The number of halogens is 1. The topological polar surface area (TPSA) is 113 Å². The Morgan fingerprint density at radius 2 is 1.86 bits per heavy atom. The van der Waals surface area contributed by atoms with Crippen LogP contribution in [0.15, 0.2) is 36.4 Å². The third kappa shape index (κ3) is 3.08. The van der Waals surface area contributed by atoms with Crippen LogP contribution >= 0.6 is 0 Å². The van der Waals surface area contributed by atoms with Crippen LogP contribution in [0.3, 0.4) is 0 Å². The highest BCUT2D eigenvalue weighted by Crippen LogP contribution is 2.25. The van der Waals surface area contributed by atoms with E-state index in [0.717, 1.165) is 18.2 Å². The first-order chi connectivity index (χ1) is 9.88.